The first-order valence-corrected chi connectivity index (χ1v) is 5.67. The maximum Gasteiger partial charge on any atom is 0.153 e. The second-order valence-corrected chi connectivity index (χ2v) is 3.51. The molecule has 1 aromatic rings. The van der Waals surface area contributed by atoms with Gasteiger partial charge in [0.1, 0.15) is 12.4 Å². The van der Waals surface area contributed by atoms with Crippen molar-refractivity contribution in [3.63, 3.8) is 0 Å². The van der Waals surface area contributed by atoms with Crippen LogP contribution in [0.5, 0.6) is 5.75 Å². The minimum absolute atomic E-state index is 0.169. The fraction of sp³-hybridized carbons (Fsp3) is 0.357. The number of anilines is 1. The Hall–Kier alpha value is -1.95. The van der Waals surface area contributed by atoms with Gasteiger partial charge in [0.2, 0.25) is 0 Å². The third-order valence-electron chi connectivity index (χ3n) is 2.56. The van der Waals surface area contributed by atoms with Crippen molar-refractivity contribution in [2.24, 2.45) is 0 Å². The van der Waals surface area contributed by atoms with Gasteiger partial charge in [0.15, 0.2) is 6.29 Å². The zero-order chi connectivity index (χ0) is 12.7. The summed E-state index contributed by atoms with van der Waals surface area (Å²) >= 11 is 0. The van der Waals surface area contributed by atoms with E-state index < -0.39 is 0 Å². The van der Waals surface area contributed by atoms with E-state index in [9.17, 15) is 4.79 Å². The number of benzene rings is 1. The first-order chi connectivity index (χ1) is 8.26. The van der Waals surface area contributed by atoms with E-state index in [1.54, 1.807) is 6.07 Å². The summed E-state index contributed by atoms with van der Waals surface area (Å²) in [5.41, 5.74) is 1.56. The molecule has 3 heteroatoms. The molecule has 0 N–H and O–H groups in total. The number of aldehydes is 1. The van der Waals surface area contributed by atoms with Crippen LogP contribution in [0.1, 0.15) is 24.2 Å². The van der Waals surface area contributed by atoms with Crippen LogP contribution in [0, 0.1) is 12.3 Å². The molecule has 3 nitrogen and oxygen atoms in total. The van der Waals surface area contributed by atoms with Gasteiger partial charge in [-0.25, -0.2) is 0 Å². The average Bonchev–Trinajstić information content (AvgIpc) is 2.38. The summed E-state index contributed by atoms with van der Waals surface area (Å²) in [7, 11) is 0. The molecule has 0 amide bonds. The second kappa shape index (κ2) is 6.59. The van der Waals surface area contributed by atoms with Gasteiger partial charge in [-0.05, 0) is 26.0 Å². The predicted molar refractivity (Wildman–Crippen MR) is 69.7 cm³/mol. The molecule has 0 aliphatic carbocycles. The van der Waals surface area contributed by atoms with Crippen molar-refractivity contribution in [2.45, 2.75) is 13.8 Å². The van der Waals surface area contributed by atoms with E-state index in [1.165, 1.54) is 0 Å². The predicted octanol–water partition coefficient (Wildman–Crippen LogP) is 2.36. The van der Waals surface area contributed by atoms with Crippen LogP contribution in [0.2, 0.25) is 0 Å². The van der Waals surface area contributed by atoms with Gasteiger partial charge in [0.05, 0.1) is 5.56 Å². The van der Waals surface area contributed by atoms with Crippen LogP contribution in [-0.4, -0.2) is 26.0 Å². The summed E-state index contributed by atoms with van der Waals surface area (Å²) in [6, 6.07) is 5.53. The highest BCUT2D eigenvalue weighted by atomic mass is 16.5. The van der Waals surface area contributed by atoms with Gasteiger partial charge in [0.25, 0.3) is 0 Å². The highest BCUT2D eigenvalue weighted by Gasteiger charge is 2.07. The Labute approximate surface area is 102 Å². The molecular weight excluding hydrogens is 214 g/mol. The van der Waals surface area contributed by atoms with E-state index in [1.807, 2.05) is 12.1 Å². The minimum atomic E-state index is 0.169. The lowest BCUT2D eigenvalue weighted by Crippen LogP contribution is -2.21. The molecule has 0 radical (unpaired) electrons. The lowest BCUT2D eigenvalue weighted by molar-refractivity contribution is 0.112. The Morgan fingerprint density at radius 3 is 2.65 bits per heavy atom. The number of terminal acetylenes is 1. The van der Waals surface area contributed by atoms with Crippen molar-refractivity contribution in [2.75, 3.05) is 24.6 Å². The average molecular weight is 231 g/mol. The standard InChI is InChI=1S/C14H17NO2/c1-4-9-17-14-10-13(15(5-2)6-3)8-7-12(14)11-16/h1,7-8,10-11H,5-6,9H2,2-3H3. The topological polar surface area (TPSA) is 29.5 Å². The van der Waals surface area contributed by atoms with Gasteiger partial charge in [-0.3, -0.25) is 4.79 Å². The summed E-state index contributed by atoms with van der Waals surface area (Å²) in [6.45, 7) is 6.15. The Morgan fingerprint density at radius 2 is 2.12 bits per heavy atom. The molecule has 1 rings (SSSR count). The smallest absolute Gasteiger partial charge is 0.153 e. The molecule has 0 saturated heterocycles. The van der Waals surface area contributed by atoms with E-state index in [4.69, 9.17) is 11.2 Å². The van der Waals surface area contributed by atoms with Crippen LogP contribution in [0.4, 0.5) is 5.69 Å². The fourth-order valence-corrected chi connectivity index (χ4v) is 1.65. The van der Waals surface area contributed by atoms with Crippen LogP contribution in [0.15, 0.2) is 18.2 Å². The van der Waals surface area contributed by atoms with Crippen molar-refractivity contribution in [1.29, 1.82) is 0 Å². The zero-order valence-corrected chi connectivity index (χ0v) is 10.3. The second-order valence-electron chi connectivity index (χ2n) is 3.51. The number of ether oxygens (including phenoxy) is 1. The lowest BCUT2D eigenvalue weighted by atomic mass is 10.2. The van der Waals surface area contributed by atoms with Crippen LogP contribution in [0.3, 0.4) is 0 Å². The van der Waals surface area contributed by atoms with Crippen LogP contribution >= 0.6 is 0 Å². The van der Waals surface area contributed by atoms with Gasteiger partial charge < -0.3 is 9.64 Å². The van der Waals surface area contributed by atoms with E-state index in [2.05, 4.69) is 24.7 Å². The number of carbonyl (C=O) groups excluding carboxylic acids is 1. The molecule has 0 aromatic heterocycles. The molecule has 0 atom stereocenters. The first-order valence-electron chi connectivity index (χ1n) is 5.67. The molecule has 0 heterocycles. The molecule has 0 unspecified atom stereocenters. The van der Waals surface area contributed by atoms with E-state index >= 15 is 0 Å². The van der Waals surface area contributed by atoms with Crippen molar-refractivity contribution in [1.82, 2.24) is 0 Å². The Morgan fingerprint density at radius 1 is 1.41 bits per heavy atom. The maximum atomic E-state index is 10.9. The molecule has 0 saturated carbocycles. The summed E-state index contributed by atoms with van der Waals surface area (Å²) in [4.78, 5) is 13.0. The lowest BCUT2D eigenvalue weighted by Gasteiger charge is -2.22. The zero-order valence-electron chi connectivity index (χ0n) is 10.3. The SMILES string of the molecule is C#CCOc1cc(N(CC)CC)ccc1C=O. The van der Waals surface area contributed by atoms with Gasteiger partial charge in [-0.1, -0.05) is 5.92 Å². The van der Waals surface area contributed by atoms with E-state index in [-0.39, 0.29) is 6.61 Å². The molecule has 0 bridgehead atoms. The highest BCUT2D eigenvalue weighted by molar-refractivity contribution is 5.80. The summed E-state index contributed by atoms with van der Waals surface area (Å²) in [5.74, 6) is 2.94. The molecule has 0 aliphatic heterocycles. The van der Waals surface area contributed by atoms with Crippen LogP contribution < -0.4 is 9.64 Å². The third kappa shape index (κ3) is 3.25. The molecule has 1 aromatic carbocycles. The van der Waals surface area contributed by atoms with Crippen molar-refractivity contribution in [3.8, 4) is 18.1 Å². The van der Waals surface area contributed by atoms with E-state index in [0.717, 1.165) is 25.1 Å². The number of carbonyl (C=O) groups is 1. The first kappa shape index (κ1) is 13.1. The molecule has 0 spiro atoms. The van der Waals surface area contributed by atoms with E-state index in [0.29, 0.717) is 11.3 Å². The van der Waals surface area contributed by atoms with Crippen molar-refractivity contribution in [3.05, 3.63) is 23.8 Å². The van der Waals surface area contributed by atoms with Crippen molar-refractivity contribution >= 4 is 12.0 Å². The monoisotopic (exact) mass is 231 g/mol. The molecule has 17 heavy (non-hydrogen) atoms. The summed E-state index contributed by atoms with van der Waals surface area (Å²) in [5, 5.41) is 0. The molecular formula is C14H17NO2. The minimum Gasteiger partial charge on any atom is -0.480 e. The number of hydrogen-bond donors (Lipinski definition) is 0. The maximum absolute atomic E-state index is 10.9. The molecule has 0 aliphatic rings. The Balaban J connectivity index is 3.03. The quantitative estimate of drug-likeness (QED) is 0.556. The van der Waals surface area contributed by atoms with Crippen LogP contribution in [0.25, 0.3) is 0 Å². The van der Waals surface area contributed by atoms with Gasteiger partial charge in [-0.2, -0.15) is 0 Å². The fourth-order valence-electron chi connectivity index (χ4n) is 1.65. The third-order valence-corrected chi connectivity index (χ3v) is 2.56. The molecule has 0 fully saturated rings. The number of hydrogen-bond acceptors (Lipinski definition) is 3. The highest BCUT2D eigenvalue weighted by Crippen LogP contribution is 2.24. The Kier molecular flexibility index (Phi) is 5.09. The summed E-state index contributed by atoms with van der Waals surface area (Å²) < 4.78 is 5.36. The van der Waals surface area contributed by atoms with Gasteiger partial charge >= 0.3 is 0 Å². The Bertz CT molecular complexity index is 417. The number of nitrogens with zero attached hydrogens (tertiary/aromatic N) is 1. The van der Waals surface area contributed by atoms with Gasteiger partial charge in [0, 0.05) is 24.8 Å². The summed E-state index contributed by atoms with van der Waals surface area (Å²) in [6.07, 6.45) is 5.92. The largest absolute Gasteiger partial charge is 0.480 e. The normalized spacial score (nSPS) is 9.47. The van der Waals surface area contributed by atoms with Crippen LogP contribution in [-0.2, 0) is 0 Å². The van der Waals surface area contributed by atoms with Crippen molar-refractivity contribution < 1.29 is 9.53 Å². The molecule has 90 valence electrons. The van der Waals surface area contributed by atoms with Gasteiger partial charge in [-0.15, -0.1) is 6.42 Å². The number of rotatable bonds is 6.